The summed E-state index contributed by atoms with van der Waals surface area (Å²) in [5, 5.41) is 0.929. The molecule has 4 heteroatoms. The molecule has 0 N–H and O–H groups in total. The first-order valence-corrected chi connectivity index (χ1v) is 5.37. The van der Waals surface area contributed by atoms with Crippen molar-refractivity contribution >= 4 is 23.2 Å². The molecular formula is C11H18Cl2N2. The van der Waals surface area contributed by atoms with Crippen molar-refractivity contribution in [2.24, 2.45) is 0 Å². The van der Waals surface area contributed by atoms with Crippen LogP contribution in [0.4, 0.5) is 0 Å². The van der Waals surface area contributed by atoms with E-state index in [9.17, 15) is 0 Å². The Balaban J connectivity index is 4.26. The van der Waals surface area contributed by atoms with Crippen LogP contribution in [-0.2, 0) is 0 Å². The zero-order valence-corrected chi connectivity index (χ0v) is 11.1. The average Bonchev–Trinajstić information content (AvgIpc) is 2.11. The van der Waals surface area contributed by atoms with E-state index in [0.29, 0.717) is 10.1 Å². The first-order valence-electron chi connectivity index (χ1n) is 4.61. The van der Waals surface area contributed by atoms with Crippen molar-refractivity contribution in [1.82, 2.24) is 9.80 Å². The molecule has 0 saturated carbocycles. The molecule has 0 aromatic carbocycles. The monoisotopic (exact) mass is 248 g/mol. The molecule has 0 radical (unpaired) electrons. The fourth-order valence-corrected chi connectivity index (χ4v) is 1.33. The zero-order valence-electron chi connectivity index (χ0n) is 9.56. The third-order valence-electron chi connectivity index (χ3n) is 1.90. The van der Waals surface area contributed by atoms with Crippen LogP contribution in [0, 0.1) is 0 Å². The lowest BCUT2D eigenvalue weighted by molar-refractivity contribution is 0.331. The Bertz CT molecular complexity index is 270. The third kappa shape index (κ3) is 6.61. The van der Waals surface area contributed by atoms with Crippen LogP contribution in [0.2, 0.25) is 0 Å². The lowest BCUT2D eigenvalue weighted by Gasteiger charge is -2.23. The lowest BCUT2D eigenvalue weighted by Crippen LogP contribution is -2.28. The number of nitrogens with zero attached hydrogens (tertiary/aromatic N) is 2. The van der Waals surface area contributed by atoms with E-state index < -0.39 is 0 Å². The van der Waals surface area contributed by atoms with Gasteiger partial charge in [-0.2, -0.15) is 0 Å². The minimum Gasteiger partial charge on any atom is -0.373 e. The lowest BCUT2D eigenvalue weighted by atomic mass is 10.3. The van der Waals surface area contributed by atoms with E-state index in [1.807, 2.05) is 26.0 Å². The van der Waals surface area contributed by atoms with Crippen molar-refractivity contribution in [1.29, 1.82) is 0 Å². The van der Waals surface area contributed by atoms with Crippen LogP contribution in [0.3, 0.4) is 0 Å². The quantitative estimate of drug-likeness (QED) is 0.668. The molecule has 2 nitrogen and oxygen atoms in total. The minimum atomic E-state index is 0.405. The summed E-state index contributed by atoms with van der Waals surface area (Å²) in [6.07, 6.45) is 1.59. The maximum absolute atomic E-state index is 6.00. The predicted molar refractivity (Wildman–Crippen MR) is 69.3 cm³/mol. The van der Waals surface area contributed by atoms with Gasteiger partial charge in [0.15, 0.2) is 0 Å². The maximum atomic E-state index is 6.00. The Hall–Kier alpha value is -0.440. The summed E-state index contributed by atoms with van der Waals surface area (Å²) < 4.78 is 0. The highest BCUT2D eigenvalue weighted by molar-refractivity contribution is 6.35. The second-order valence-electron chi connectivity index (χ2n) is 3.61. The molecule has 0 aliphatic rings. The topological polar surface area (TPSA) is 6.48 Å². The first-order chi connectivity index (χ1) is 6.84. The van der Waals surface area contributed by atoms with Crippen LogP contribution in [0.15, 0.2) is 35.0 Å². The van der Waals surface area contributed by atoms with Gasteiger partial charge in [-0.05, 0) is 20.2 Å². The van der Waals surface area contributed by atoms with Crippen LogP contribution in [0.1, 0.15) is 0 Å². The highest BCUT2D eigenvalue weighted by Crippen LogP contribution is 2.18. The molecule has 0 spiro atoms. The molecule has 0 fully saturated rings. The van der Waals surface area contributed by atoms with E-state index in [2.05, 4.69) is 18.1 Å². The molecule has 0 amide bonds. The summed E-state index contributed by atoms with van der Waals surface area (Å²) >= 11 is 11.6. The summed E-state index contributed by atoms with van der Waals surface area (Å²) in [4.78, 5) is 4.08. The van der Waals surface area contributed by atoms with Crippen molar-refractivity contribution in [2.75, 3.05) is 34.2 Å². The van der Waals surface area contributed by atoms with Crippen molar-refractivity contribution in [3.63, 3.8) is 0 Å². The number of likely N-dealkylation sites (N-methyl/N-ethyl adjacent to an activating group) is 2. The summed E-state index contributed by atoms with van der Waals surface area (Å²) in [7, 11) is 5.99. The SMILES string of the molecule is C=C(Cl)/C=C(/Cl)C(=C)N(C)CCN(C)C. The molecule has 0 unspecified atom stereocenters. The van der Waals surface area contributed by atoms with Crippen LogP contribution >= 0.6 is 23.2 Å². The molecule has 0 aliphatic carbocycles. The second kappa shape index (κ2) is 6.94. The van der Waals surface area contributed by atoms with E-state index in [0.717, 1.165) is 18.8 Å². The highest BCUT2D eigenvalue weighted by Gasteiger charge is 2.06. The Morgan fingerprint density at radius 2 is 1.67 bits per heavy atom. The second-order valence-corrected chi connectivity index (χ2v) is 4.50. The Morgan fingerprint density at radius 1 is 1.13 bits per heavy atom. The van der Waals surface area contributed by atoms with Gasteiger partial charge in [-0.15, -0.1) is 0 Å². The Morgan fingerprint density at radius 3 is 2.07 bits per heavy atom. The van der Waals surface area contributed by atoms with Crippen LogP contribution in [0.5, 0.6) is 0 Å². The van der Waals surface area contributed by atoms with Crippen molar-refractivity contribution in [2.45, 2.75) is 0 Å². The van der Waals surface area contributed by atoms with Gasteiger partial charge in [0.05, 0.1) is 5.03 Å². The third-order valence-corrected chi connectivity index (χ3v) is 2.34. The van der Waals surface area contributed by atoms with Crippen molar-refractivity contribution in [3.05, 3.63) is 35.0 Å². The maximum Gasteiger partial charge on any atom is 0.0647 e. The van der Waals surface area contributed by atoms with Crippen LogP contribution in [-0.4, -0.2) is 44.0 Å². The summed E-state index contributed by atoms with van der Waals surface area (Å²) in [5.74, 6) is 0. The molecule has 86 valence electrons. The summed E-state index contributed by atoms with van der Waals surface area (Å²) in [6.45, 7) is 9.25. The molecule has 0 bridgehead atoms. The molecule has 15 heavy (non-hydrogen) atoms. The zero-order chi connectivity index (χ0) is 12.0. The number of hydrogen-bond acceptors (Lipinski definition) is 2. The summed E-state index contributed by atoms with van der Waals surface area (Å²) in [6, 6.07) is 0. The van der Waals surface area contributed by atoms with E-state index in [1.165, 1.54) is 0 Å². The Kier molecular flexibility index (Phi) is 6.73. The summed E-state index contributed by atoms with van der Waals surface area (Å²) in [5.41, 5.74) is 0.750. The number of hydrogen-bond donors (Lipinski definition) is 0. The van der Waals surface area contributed by atoms with Crippen molar-refractivity contribution in [3.8, 4) is 0 Å². The number of rotatable bonds is 6. The van der Waals surface area contributed by atoms with Crippen LogP contribution < -0.4 is 0 Å². The highest BCUT2D eigenvalue weighted by atomic mass is 35.5. The fourth-order valence-electron chi connectivity index (χ4n) is 0.888. The van der Waals surface area contributed by atoms with Gasteiger partial charge in [0, 0.05) is 30.9 Å². The molecule has 0 atom stereocenters. The van der Waals surface area contributed by atoms with E-state index in [4.69, 9.17) is 23.2 Å². The Labute approximate surface area is 102 Å². The fraction of sp³-hybridized carbons (Fsp3) is 0.455. The van der Waals surface area contributed by atoms with Gasteiger partial charge in [0.1, 0.15) is 0 Å². The first kappa shape index (κ1) is 14.6. The van der Waals surface area contributed by atoms with E-state index in [-0.39, 0.29) is 0 Å². The molecule has 0 aromatic heterocycles. The smallest absolute Gasteiger partial charge is 0.0647 e. The molecule has 0 saturated heterocycles. The van der Waals surface area contributed by atoms with E-state index in [1.54, 1.807) is 6.08 Å². The molecule has 0 heterocycles. The van der Waals surface area contributed by atoms with Gasteiger partial charge in [-0.25, -0.2) is 0 Å². The predicted octanol–water partition coefficient (Wildman–Crippen LogP) is 2.87. The van der Waals surface area contributed by atoms with Gasteiger partial charge in [-0.1, -0.05) is 36.4 Å². The van der Waals surface area contributed by atoms with Gasteiger partial charge < -0.3 is 9.80 Å². The molecule has 0 rings (SSSR count). The number of allylic oxidation sites excluding steroid dienone is 3. The van der Waals surface area contributed by atoms with Gasteiger partial charge in [0.25, 0.3) is 0 Å². The van der Waals surface area contributed by atoms with Gasteiger partial charge >= 0.3 is 0 Å². The average molecular weight is 249 g/mol. The normalized spacial score (nSPS) is 11.7. The molecule has 0 aliphatic heterocycles. The standard InChI is InChI=1S/C11H18Cl2N2/c1-9(12)8-11(13)10(2)15(5)7-6-14(3)4/h8H,1-2,6-7H2,3-5H3/b11-8+. The van der Waals surface area contributed by atoms with Crippen molar-refractivity contribution < 1.29 is 0 Å². The minimum absolute atomic E-state index is 0.405. The molecular weight excluding hydrogens is 231 g/mol. The van der Waals surface area contributed by atoms with Gasteiger partial charge in [0.2, 0.25) is 0 Å². The largest absolute Gasteiger partial charge is 0.373 e. The van der Waals surface area contributed by atoms with Gasteiger partial charge in [-0.3, -0.25) is 0 Å². The number of halogens is 2. The van der Waals surface area contributed by atoms with Crippen LogP contribution in [0.25, 0.3) is 0 Å². The molecule has 0 aromatic rings. The van der Waals surface area contributed by atoms with E-state index >= 15 is 0 Å².